The maximum absolute atomic E-state index is 11.1. The van der Waals surface area contributed by atoms with E-state index in [1.165, 1.54) is 12.0 Å². The fraction of sp³-hybridized carbons (Fsp3) is 0.364. The van der Waals surface area contributed by atoms with Crippen molar-refractivity contribution >= 4 is 17.7 Å². The van der Waals surface area contributed by atoms with E-state index in [2.05, 4.69) is 4.74 Å². The third-order valence-electron chi connectivity index (χ3n) is 2.12. The average molecular weight is 225 g/mol. The van der Waals surface area contributed by atoms with Crippen molar-refractivity contribution < 1.29 is 9.53 Å². The molecule has 1 aromatic rings. The second-order valence-electron chi connectivity index (χ2n) is 3.18. The van der Waals surface area contributed by atoms with Crippen molar-refractivity contribution in [2.75, 3.05) is 13.4 Å². The topological polar surface area (TPSA) is 52.3 Å². The summed E-state index contributed by atoms with van der Waals surface area (Å²) >= 11 is 1.68. The van der Waals surface area contributed by atoms with Gasteiger partial charge < -0.3 is 10.5 Å². The largest absolute Gasteiger partial charge is 0.468 e. The molecular formula is C11H15NO2S. The number of esters is 1. The molecule has 1 rings (SSSR count). The lowest BCUT2D eigenvalue weighted by atomic mass is 10.1. The lowest BCUT2D eigenvalue weighted by Crippen LogP contribution is -2.33. The maximum Gasteiger partial charge on any atom is 0.322 e. The van der Waals surface area contributed by atoms with Gasteiger partial charge in [-0.05, 0) is 30.4 Å². The van der Waals surface area contributed by atoms with Crippen molar-refractivity contribution in [3.05, 3.63) is 29.8 Å². The molecule has 0 saturated heterocycles. The van der Waals surface area contributed by atoms with E-state index in [0.29, 0.717) is 6.42 Å². The molecule has 82 valence electrons. The van der Waals surface area contributed by atoms with Gasteiger partial charge in [0.1, 0.15) is 6.04 Å². The summed E-state index contributed by atoms with van der Waals surface area (Å²) in [6, 6.07) is 7.42. The summed E-state index contributed by atoms with van der Waals surface area (Å²) in [5.41, 5.74) is 6.70. The van der Waals surface area contributed by atoms with Crippen LogP contribution in [0.4, 0.5) is 0 Å². The molecular weight excluding hydrogens is 210 g/mol. The van der Waals surface area contributed by atoms with Crippen LogP contribution in [0.25, 0.3) is 0 Å². The summed E-state index contributed by atoms with van der Waals surface area (Å²) in [6.07, 6.45) is 2.54. The van der Waals surface area contributed by atoms with E-state index in [1.807, 2.05) is 30.5 Å². The van der Waals surface area contributed by atoms with Gasteiger partial charge in [0.2, 0.25) is 0 Å². The highest BCUT2D eigenvalue weighted by atomic mass is 32.2. The fourth-order valence-electron chi connectivity index (χ4n) is 1.25. The molecule has 3 nitrogen and oxygen atoms in total. The summed E-state index contributed by atoms with van der Waals surface area (Å²) in [6.45, 7) is 0. The molecule has 0 aromatic heterocycles. The normalized spacial score (nSPS) is 12.2. The van der Waals surface area contributed by atoms with Gasteiger partial charge in [0.05, 0.1) is 7.11 Å². The molecule has 1 aromatic carbocycles. The van der Waals surface area contributed by atoms with Crippen LogP contribution < -0.4 is 5.73 Å². The van der Waals surface area contributed by atoms with Gasteiger partial charge in [0, 0.05) is 4.90 Å². The van der Waals surface area contributed by atoms with Crippen molar-refractivity contribution in [1.29, 1.82) is 0 Å². The van der Waals surface area contributed by atoms with Gasteiger partial charge in [0.15, 0.2) is 0 Å². The van der Waals surface area contributed by atoms with Crippen LogP contribution in [0.5, 0.6) is 0 Å². The first-order valence-corrected chi connectivity index (χ1v) is 5.86. The minimum atomic E-state index is -0.574. The number of carbonyl (C=O) groups excluding carboxylic acids is 1. The number of hydrogen-bond acceptors (Lipinski definition) is 4. The standard InChI is InChI=1S/C11H15NO2S/c1-14-11(13)10(12)7-8-3-5-9(15-2)6-4-8/h3-6,10H,7,12H2,1-2H3. The van der Waals surface area contributed by atoms with Crippen LogP contribution >= 0.6 is 11.8 Å². The fourth-order valence-corrected chi connectivity index (χ4v) is 1.66. The molecule has 1 atom stereocenters. The van der Waals surface area contributed by atoms with Crippen LogP contribution in [0.1, 0.15) is 5.56 Å². The zero-order chi connectivity index (χ0) is 11.3. The van der Waals surface area contributed by atoms with E-state index in [1.54, 1.807) is 11.8 Å². The number of nitrogens with two attached hydrogens (primary N) is 1. The Bertz CT molecular complexity index is 324. The van der Waals surface area contributed by atoms with E-state index >= 15 is 0 Å². The molecule has 2 N–H and O–H groups in total. The molecule has 15 heavy (non-hydrogen) atoms. The van der Waals surface area contributed by atoms with Crippen molar-refractivity contribution in [1.82, 2.24) is 0 Å². The Morgan fingerprint density at radius 2 is 2.07 bits per heavy atom. The average Bonchev–Trinajstić information content (AvgIpc) is 2.29. The maximum atomic E-state index is 11.1. The van der Waals surface area contributed by atoms with Crippen molar-refractivity contribution in [2.24, 2.45) is 5.73 Å². The summed E-state index contributed by atoms with van der Waals surface area (Å²) in [4.78, 5) is 12.3. The highest BCUT2D eigenvalue weighted by Crippen LogP contribution is 2.15. The number of ether oxygens (including phenoxy) is 1. The van der Waals surface area contributed by atoms with E-state index < -0.39 is 6.04 Å². The number of methoxy groups -OCH3 is 1. The third-order valence-corrected chi connectivity index (χ3v) is 2.86. The predicted molar refractivity (Wildman–Crippen MR) is 61.9 cm³/mol. The Morgan fingerprint density at radius 3 is 2.53 bits per heavy atom. The van der Waals surface area contributed by atoms with Gasteiger partial charge in [-0.1, -0.05) is 12.1 Å². The highest BCUT2D eigenvalue weighted by Gasteiger charge is 2.13. The Balaban J connectivity index is 2.60. The molecule has 0 heterocycles. The van der Waals surface area contributed by atoms with Crippen LogP contribution in [0, 0.1) is 0 Å². The third kappa shape index (κ3) is 3.57. The zero-order valence-corrected chi connectivity index (χ0v) is 9.71. The number of thioether (sulfide) groups is 1. The van der Waals surface area contributed by atoms with Gasteiger partial charge in [-0.2, -0.15) is 0 Å². The quantitative estimate of drug-likeness (QED) is 0.622. The zero-order valence-electron chi connectivity index (χ0n) is 8.90. The molecule has 0 radical (unpaired) electrons. The van der Waals surface area contributed by atoms with Crippen LogP contribution in [-0.2, 0) is 16.0 Å². The molecule has 0 spiro atoms. The predicted octanol–water partition coefficient (Wildman–Crippen LogP) is 1.45. The van der Waals surface area contributed by atoms with Crippen LogP contribution in [0.2, 0.25) is 0 Å². The second-order valence-corrected chi connectivity index (χ2v) is 4.06. The van der Waals surface area contributed by atoms with Gasteiger partial charge in [0.25, 0.3) is 0 Å². The molecule has 0 bridgehead atoms. The second kappa shape index (κ2) is 5.78. The van der Waals surface area contributed by atoms with Gasteiger partial charge in [-0.15, -0.1) is 11.8 Å². The summed E-state index contributed by atoms with van der Waals surface area (Å²) in [5.74, 6) is -0.371. The van der Waals surface area contributed by atoms with E-state index in [-0.39, 0.29) is 5.97 Å². The molecule has 0 aliphatic carbocycles. The molecule has 0 fully saturated rings. The lowest BCUT2D eigenvalue weighted by molar-refractivity contribution is -0.142. The minimum Gasteiger partial charge on any atom is -0.468 e. The first-order valence-electron chi connectivity index (χ1n) is 4.63. The smallest absolute Gasteiger partial charge is 0.322 e. The molecule has 0 saturated carbocycles. The van der Waals surface area contributed by atoms with Crippen molar-refractivity contribution in [3.63, 3.8) is 0 Å². The molecule has 1 unspecified atom stereocenters. The number of rotatable bonds is 4. The van der Waals surface area contributed by atoms with Gasteiger partial charge in [-0.3, -0.25) is 4.79 Å². The molecule has 0 aliphatic rings. The highest BCUT2D eigenvalue weighted by molar-refractivity contribution is 7.98. The minimum absolute atomic E-state index is 0.371. The first kappa shape index (κ1) is 12.1. The summed E-state index contributed by atoms with van der Waals surface area (Å²) < 4.78 is 4.56. The molecule has 0 amide bonds. The molecule has 4 heteroatoms. The Morgan fingerprint density at radius 1 is 1.47 bits per heavy atom. The number of carbonyl (C=O) groups is 1. The first-order chi connectivity index (χ1) is 7.17. The van der Waals surface area contributed by atoms with Crippen LogP contribution in [0.3, 0.4) is 0 Å². The van der Waals surface area contributed by atoms with E-state index in [4.69, 9.17) is 5.73 Å². The molecule has 0 aliphatic heterocycles. The summed E-state index contributed by atoms with van der Waals surface area (Å²) in [5, 5.41) is 0. The Kier molecular flexibility index (Phi) is 4.65. The van der Waals surface area contributed by atoms with Crippen LogP contribution in [-0.4, -0.2) is 25.4 Å². The summed E-state index contributed by atoms with van der Waals surface area (Å²) in [7, 11) is 1.35. The Labute approximate surface area is 94.0 Å². The van der Waals surface area contributed by atoms with Crippen molar-refractivity contribution in [3.8, 4) is 0 Å². The number of benzene rings is 1. The van der Waals surface area contributed by atoms with E-state index in [9.17, 15) is 4.79 Å². The van der Waals surface area contributed by atoms with Crippen LogP contribution in [0.15, 0.2) is 29.2 Å². The monoisotopic (exact) mass is 225 g/mol. The Hall–Kier alpha value is -1.00. The lowest BCUT2D eigenvalue weighted by Gasteiger charge is -2.09. The van der Waals surface area contributed by atoms with Gasteiger partial charge >= 0.3 is 5.97 Å². The van der Waals surface area contributed by atoms with Gasteiger partial charge in [-0.25, -0.2) is 0 Å². The number of hydrogen-bond donors (Lipinski definition) is 1. The van der Waals surface area contributed by atoms with Crippen molar-refractivity contribution in [2.45, 2.75) is 17.4 Å². The SMILES string of the molecule is COC(=O)C(N)Cc1ccc(SC)cc1. The van der Waals surface area contributed by atoms with E-state index in [0.717, 1.165) is 5.56 Å².